The molecule has 5 nitrogen and oxygen atoms in total. The van der Waals surface area contributed by atoms with E-state index in [0.717, 1.165) is 24.1 Å². The zero-order chi connectivity index (χ0) is 18.0. The Morgan fingerprint density at radius 3 is 2.80 bits per heavy atom. The molecule has 0 amide bonds. The Bertz CT molecular complexity index is 763. The number of methoxy groups -OCH3 is 1. The van der Waals surface area contributed by atoms with Crippen molar-refractivity contribution < 1.29 is 19.1 Å². The molecule has 2 aliphatic rings. The average Bonchev–Trinajstić information content (AvgIpc) is 2.61. The third kappa shape index (κ3) is 3.23. The number of allylic oxidation sites excluding steroid dienone is 1. The van der Waals surface area contributed by atoms with Gasteiger partial charge in [0, 0.05) is 23.7 Å². The molecular formula is C20H23NO4. The molecule has 132 valence electrons. The summed E-state index contributed by atoms with van der Waals surface area (Å²) in [4.78, 5) is 29.9. The van der Waals surface area contributed by atoms with Crippen molar-refractivity contribution in [2.45, 2.75) is 39.0 Å². The molecule has 1 aromatic rings. The lowest BCUT2D eigenvalue weighted by molar-refractivity contribution is -0.139. The molecule has 0 aromatic heterocycles. The third-order valence-corrected chi connectivity index (χ3v) is 4.86. The minimum atomic E-state index is -0.394. The Labute approximate surface area is 147 Å². The van der Waals surface area contributed by atoms with Gasteiger partial charge in [-0.25, -0.2) is 4.79 Å². The Balaban J connectivity index is 2.15. The first-order chi connectivity index (χ1) is 12.1. The number of rotatable bonds is 4. The van der Waals surface area contributed by atoms with E-state index in [0.29, 0.717) is 23.4 Å². The second kappa shape index (κ2) is 7.21. The minimum absolute atomic E-state index is 0.145. The molecule has 2 unspecified atom stereocenters. The summed E-state index contributed by atoms with van der Waals surface area (Å²) in [5.41, 5.74) is 2.90. The first kappa shape index (κ1) is 17.4. The van der Waals surface area contributed by atoms with Crippen LogP contribution in [0.1, 0.15) is 44.6 Å². The van der Waals surface area contributed by atoms with E-state index >= 15 is 0 Å². The molecule has 0 spiro atoms. The average molecular weight is 341 g/mol. The maximum Gasteiger partial charge on any atom is 0.336 e. The number of hydrogen-bond donors (Lipinski definition) is 0. The highest BCUT2D eigenvalue weighted by Crippen LogP contribution is 2.43. The molecule has 1 saturated carbocycles. The van der Waals surface area contributed by atoms with E-state index in [1.807, 2.05) is 31.2 Å². The third-order valence-electron chi connectivity index (χ3n) is 4.86. The predicted molar refractivity (Wildman–Crippen MR) is 94.9 cm³/mol. The Kier molecular flexibility index (Phi) is 5.02. The number of esters is 1. The molecule has 1 aliphatic heterocycles. The summed E-state index contributed by atoms with van der Waals surface area (Å²) in [5, 5.41) is 0. The summed E-state index contributed by atoms with van der Waals surface area (Å²) in [6.07, 6.45) is 2.14. The lowest BCUT2D eigenvalue weighted by Crippen LogP contribution is -2.39. The lowest BCUT2D eigenvalue weighted by atomic mass is 9.69. The van der Waals surface area contributed by atoms with Crippen molar-refractivity contribution in [3.63, 3.8) is 0 Å². The minimum Gasteiger partial charge on any atom is -0.497 e. The Morgan fingerprint density at radius 2 is 2.08 bits per heavy atom. The quantitative estimate of drug-likeness (QED) is 0.787. The zero-order valence-corrected chi connectivity index (χ0v) is 14.9. The molecule has 1 aromatic carbocycles. The van der Waals surface area contributed by atoms with Crippen molar-refractivity contribution in [1.29, 1.82) is 0 Å². The number of Topliss-reactive ketones (excluding diaryl/α,β-unsaturated/α-hetero) is 1. The number of carbonyl (C=O) groups is 2. The van der Waals surface area contributed by atoms with Gasteiger partial charge in [0.05, 0.1) is 25.2 Å². The first-order valence-corrected chi connectivity index (χ1v) is 8.68. The molecule has 1 heterocycles. The molecule has 3 rings (SSSR count). The van der Waals surface area contributed by atoms with Crippen molar-refractivity contribution in [2.24, 2.45) is 10.9 Å². The van der Waals surface area contributed by atoms with E-state index < -0.39 is 5.97 Å². The molecule has 25 heavy (non-hydrogen) atoms. The van der Waals surface area contributed by atoms with Crippen LogP contribution in [0.2, 0.25) is 0 Å². The van der Waals surface area contributed by atoms with Crippen molar-refractivity contribution >= 4 is 17.5 Å². The van der Waals surface area contributed by atoms with Crippen LogP contribution in [0.15, 0.2) is 40.5 Å². The van der Waals surface area contributed by atoms with E-state index in [1.165, 1.54) is 0 Å². The summed E-state index contributed by atoms with van der Waals surface area (Å²) in [6.45, 7) is 3.88. The number of nitrogens with zero attached hydrogens (tertiary/aromatic N) is 1. The van der Waals surface area contributed by atoms with E-state index in [2.05, 4.69) is 4.99 Å². The van der Waals surface area contributed by atoms with Gasteiger partial charge in [0.1, 0.15) is 11.5 Å². The zero-order valence-electron chi connectivity index (χ0n) is 14.9. The van der Waals surface area contributed by atoms with E-state index in [4.69, 9.17) is 9.47 Å². The van der Waals surface area contributed by atoms with Crippen LogP contribution >= 0.6 is 0 Å². The maximum atomic E-state index is 12.7. The summed E-state index contributed by atoms with van der Waals surface area (Å²) < 4.78 is 10.6. The van der Waals surface area contributed by atoms with E-state index in [1.54, 1.807) is 14.0 Å². The summed E-state index contributed by atoms with van der Waals surface area (Å²) in [6, 6.07) is 7.56. The van der Waals surface area contributed by atoms with Crippen molar-refractivity contribution in [1.82, 2.24) is 0 Å². The van der Waals surface area contributed by atoms with Crippen LogP contribution in [0, 0.1) is 5.92 Å². The monoisotopic (exact) mass is 341 g/mol. The van der Waals surface area contributed by atoms with Crippen molar-refractivity contribution in [3.8, 4) is 5.75 Å². The fourth-order valence-electron chi connectivity index (χ4n) is 3.79. The Hall–Kier alpha value is -2.43. The maximum absolute atomic E-state index is 12.7. The number of aliphatic imine (C=N–C) groups is 1. The van der Waals surface area contributed by atoms with Gasteiger partial charge < -0.3 is 9.47 Å². The number of fused-ring (bicyclic) bond motifs is 1. The van der Waals surface area contributed by atoms with Gasteiger partial charge in [0.15, 0.2) is 0 Å². The van der Waals surface area contributed by atoms with Gasteiger partial charge in [-0.15, -0.1) is 0 Å². The normalized spacial score (nSPS) is 23.0. The molecule has 1 fully saturated rings. The van der Waals surface area contributed by atoms with Crippen LogP contribution in [-0.4, -0.2) is 31.2 Å². The largest absolute Gasteiger partial charge is 0.497 e. The molecule has 2 atom stereocenters. The lowest BCUT2D eigenvalue weighted by Gasteiger charge is -2.35. The van der Waals surface area contributed by atoms with Crippen LogP contribution in [-0.2, 0) is 14.3 Å². The molecule has 0 N–H and O–H groups in total. The van der Waals surface area contributed by atoms with Crippen LogP contribution < -0.4 is 4.74 Å². The topological polar surface area (TPSA) is 65.0 Å². The fourth-order valence-corrected chi connectivity index (χ4v) is 3.79. The molecule has 0 bridgehead atoms. The van der Waals surface area contributed by atoms with Gasteiger partial charge in [-0.1, -0.05) is 12.1 Å². The molecular weight excluding hydrogens is 318 g/mol. The Morgan fingerprint density at radius 1 is 1.28 bits per heavy atom. The van der Waals surface area contributed by atoms with Crippen LogP contribution in [0.3, 0.4) is 0 Å². The number of ether oxygens (including phenoxy) is 2. The van der Waals surface area contributed by atoms with Gasteiger partial charge in [0.2, 0.25) is 0 Å². The molecule has 1 aliphatic carbocycles. The van der Waals surface area contributed by atoms with Crippen LogP contribution in [0.4, 0.5) is 0 Å². The number of benzene rings is 1. The van der Waals surface area contributed by atoms with Crippen LogP contribution in [0.5, 0.6) is 5.75 Å². The van der Waals surface area contributed by atoms with E-state index in [9.17, 15) is 9.59 Å². The van der Waals surface area contributed by atoms with Gasteiger partial charge in [-0.2, -0.15) is 0 Å². The number of ketones is 1. The molecule has 5 heteroatoms. The second-order valence-corrected chi connectivity index (χ2v) is 6.37. The number of hydrogen-bond acceptors (Lipinski definition) is 5. The predicted octanol–water partition coefficient (Wildman–Crippen LogP) is 3.44. The summed E-state index contributed by atoms with van der Waals surface area (Å²) >= 11 is 0. The summed E-state index contributed by atoms with van der Waals surface area (Å²) in [5.74, 6) is -0.301. The van der Waals surface area contributed by atoms with Crippen molar-refractivity contribution in [2.75, 3.05) is 13.7 Å². The smallest absolute Gasteiger partial charge is 0.336 e. The SMILES string of the molecule is CCOC(=O)C1=C(C)N=C2CCCC(=O)C2C1c1cccc(OC)c1. The summed E-state index contributed by atoms with van der Waals surface area (Å²) in [7, 11) is 1.60. The fraction of sp³-hybridized carbons (Fsp3) is 0.450. The molecule has 0 radical (unpaired) electrons. The van der Waals surface area contributed by atoms with E-state index in [-0.39, 0.29) is 24.2 Å². The highest BCUT2D eigenvalue weighted by atomic mass is 16.5. The van der Waals surface area contributed by atoms with Gasteiger partial charge in [0.25, 0.3) is 0 Å². The highest BCUT2D eigenvalue weighted by Gasteiger charge is 2.43. The number of carbonyl (C=O) groups excluding carboxylic acids is 2. The highest BCUT2D eigenvalue weighted by molar-refractivity contribution is 6.11. The van der Waals surface area contributed by atoms with Gasteiger partial charge in [-0.3, -0.25) is 9.79 Å². The van der Waals surface area contributed by atoms with Crippen LogP contribution in [0.25, 0.3) is 0 Å². The van der Waals surface area contributed by atoms with Gasteiger partial charge in [-0.05, 0) is 44.4 Å². The second-order valence-electron chi connectivity index (χ2n) is 6.37. The first-order valence-electron chi connectivity index (χ1n) is 8.68. The standard InChI is InChI=1S/C20H23NO4/c1-4-25-20(23)17-12(2)21-15-9-6-10-16(22)19(15)18(17)13-7-5-8-14(11-13)24-3/h5,7-8,11,18-19H,4,6,9-10H2,1-3H3. The molecule has 0 saturated heterocycles. The van der Waals surface area contributed by atoms with Crippen molar-refractivity contribution in [3.05, 3.63) is 41.1 Å². The van der Waals surface area contributed by atoms with Gasteiger partial charge >= 0.3 is 5.97 Å².